The number of hydrogen-bond donors (Lipinski definition) is 0. The molecule has 2 aromatic carbocycles. The van der Waals surface area contributed by atoms with Crippen molar-refractivity contribution in [2.75, 3.05) is 40.0 Å². The van der Waals surface area contributed by atoms with E-state index in [0.29, 0.717) is 24.7 Å². The van der Waals surface area contributed by atoms with Crippen LogP contribution >= 0.6 is 11.3 Å². The molecule has 0 N–H and O–H groups in total. The van der Waals surface area contributed by atoms with Crippen LogP contribution < -0.4 is 9.47 Å². The Kier molecular flexibility index (Phi) is 8.24. The lowest BCUT2D eigenvalue weighted by molar-refractivity contribution is -0.135. The van der Waals surface area contributed by atoms with E-state index >= 15 is 0 Å². The van der Waals surface area contributed by atoms with Gasteiger partial charge in [0.2, 0.25) is 5.91 Å². The largest absolute Gasteiger partial charge is 0.497 e. The molecule has 5 rings (SSSR count). The van der Waals surface area contributed by atoms with Crippen molar-refractivity contribution in [2.45, 2.75) is 31.4 Å². The third-order valence-corrected chi connectivity index (χ3v) is 7.99. The fraction of sp³-hybridized carbons (Fsp3) is 0.379. The second-order valence-electron chi connectivity index (χ2n) is 9.47. The summed E-state index contributed by atoms with van der Waals surface area (Å²) in [6.07, 6.45) is 2.34. The lowest BCUT2D eigenvalue weighted by Crippen LogP contribution is -2.49. The van der Waals surface area contributed by atoms with E-state index in [0.717, 1.165) is 24.8 Å². The minimum atomic E-state index is -0.491. The molecule has 3 heterocycles. The van der Waals surface area contributed by atoms with Gasteiger partial charge in [-0.05, 0) is 66.6 Å². The molecule has 1 aromatic heterocycles. The summed E-state index contributed by atoms with van der Waals surface area (Å²) in [4.78, 5) is 31.7. The van der Waals surface area contributed by atoms with Gasteiger partial charge in [0.1, 0.15) is 30.5 Å². The molecule has 7 nitrogen and oxygen atoms in total. The van der Waals surface area contributed by atoms with Gasteiger partial charge in [-0.1, -0.05) is 12.1 Å². The molecule has 0 saturated carbocycles. The Morgan fingerprint density at radius 1 is 1.16 bits per heavy atom. The maximum atomic E-state index is 13.9. The minimum Gasteiger partial charge on any atom is -0.497 e. The third-order valence-electron chi connectivity index (χ3n) is 7.00. The van der Waals surface area contributed by atoms with Crippen molar-refractivity contribution in [3.63, 3.8) is 0 Å². The zero-order valence-corrected chi connectivity index (χ0v) is 22.1. The molecule has 2 amide bonds. The molecular weight excluding hydrogens is 507 g/mol. The van der Waals surface area contributed by atoms with Crippen LogP contribution in [0.2, 0.25) is 0 Å². The SMILES string of the molecule is COc1cccc(OCC2c3ccsc3CCN2C(=O)CN(CC2CCCO2)C(=O)c2cccc(F)c2)c1. The van der Waals surface area contributed by atoms with Crippen molar-refractivity contribution in [3.8, 4) is 11.5 Å². The topological polar surface area (TPSA) is 68.3 Å². The Hall–Kier alpha value is -3.43. The quantitative estimate of drug-likeness (QED) is 0.394. The van der Waals surface area contributed by atoms with Crippen LogP contribution in [0, 0.1) is 5.82 Å². The van der Waals surface area contributed by atoms with Gasteiger partial charge in [-0.3, -0.25) is 9.59 Å². The molecule has 38 heavy (non-hydrogen) atoms. The second kappa shape index (κ2) is 12.0. The van der Waals surface area contributed by atoms with Gasteiger partial charge in [0, 0.05) is 36.2 Å². The highest BCUT2D eigenvalue weighted by atomic mass is 32.1. The Bertz CT molecular complexity index is 1280. The minimum absolute atomic E-state index is 0.121. The van der Waals surface area contributed by atoms with E-state index < -0.39 is 5.82 Å². The van der Waals surface area contributed by atoms with E-state index in [-0.39, 0.29) is 49.2 Å². The number of rotatable bonds is 9. The van der Waals surface area contributed by atoms with Gasteiger partial charge in [0.25, 0.3) is 5.91 Å². The molecule has 0 bridgehead atoms. The summed E-state index contributed by atoms with van der Waals surface area (Å²) in [7, 11) is 1.60. The molecule has 1 saturated heterocycles. The van der Waals surface area contributed by atoms with Crippen LogP contribution in [0.15, 0.2) is 60.0 Å². The van der Waals surface area contributed by atoms with Crippen molar-refractivity contribution < 1.29 is 28.2 Å². The lowest BCUT2D eigenvalue weighted by Gasteiger charge is -2.37. The summed E-state index contributed by atoms with van der Waals surface area (Å²) in [5.74, 6) is 0.293. The molecular formula is C29H31FN2O5S. The smallest absolute Gasteiger partial charge is 0.254 e. The molecule has 2 atom stereocenters. The van der Waals surface area contributed by atoms with Gasteiger partial charge in [0.05, 0.1) is 19.3 Å². The van der Waals surface area contributed by atoms with Gasteiger partial charge in [0.15, 0.2) is 0 Å². The Balaban J connectivity index is 1.35. The van der Waals surface area contributed by atoms with Gasteiger partial charge in [-0.15, -0.1) is 11.3 Å². The first kappa shape index (κ1) is 26.2. The van der Waals surface area contributed by atoms with Crippen LogP contribution in [0.5, 0.6) is 11.5 Å². The zero-order valence-electron chi connectivity index (χ0n) is 21.3. The maximum absolute atomic E-state index is 13.9. The highest BCUT2D eigenvalue weighted by molar-refractivity contribution is 7.10. The van der Waals surface area contributed by atoms with Gasteiger partial charge >= 0.3 is 0 Å². The first-order valence-electron chi connectivity index (χ1n) is 12.8. The fourth-order valence-electron chi connectivity index (χ4n) is 5.05. The van der Waals surface area contributed by atoms with E-state index in [4.69, 9.17) is 14.2 Å². The highest BCUT2D eigenvalue weighted by Gasteiger charge is 2.34. The molecule has 0 aliphatic carbocycles. The summed E-state index contributed by atoms with van der Waals surface area (Å²) < 4.78 is 31.1. The first-order valence-corrected chi connectivity index (χ1v) is 13.7. The summed E-state index contributed by atoms with van der Waals surface area (Å²) in [6.45, 7) is 1.60. The van der Waals surface area contributed by atoms with E-state index in [2.05, 4.69) is 0 Å². The van der Waals surface area contributed by atoms with E-state index in [1.165, 1.54) is 28.0 Å². The van der Waals surface area contributed by atoms with Crippen LogP contribution in [-0.2, 0) is 16.0 Å². The number of carbonyl (C=O) groups is 2. The predicted octanol–water partition coefficient (Wildman–Crippen LogP) is 4.72. The summed E-state index contributed by atoms with van der Waals surface area (Å²) in [5.41, 5.74) is 1.28. The Labute approximate surface area is 225 Å². The van der Waals surface area contributed by atoms with E-state index in [1.54, 1.807) is 29.4 Å². The standard InChI is InChI=1S/C29H31FN2O5S/c1-35-22-7-3-8-23(16-22)37-19-26-25-11-14-38-27(25)10-12-32(26)28(33)18-31(17-24-9-4-13-36-24)29(34)20-5-2-6-21(30)15-20/h2-3,5-8,11,14-16,24,26H,4,9-10,12-13,17-19H2,1H3. The van der Waals surface area contributed by atoms with Crippen molar-refractivity contribution in [1.29, 1.82) is 0 Å². The number of fused-ring (bicyclic) bond motifs is 1. The molecule has 3 aromatic rings. The number of halogens is 1. The van der Waals surface area contributed by atoms with Crippen LogP contribution in [0.3, 0.4) is 0 Å². The normalized spacial score (nSPS) is 18.6. The van der Waals surface area contributed by atoms with Gasteiger partial charge in [-0.2, -0.15) is 0 Å². The first-order chi connectivity index (χ1) is 18.5. The Morgan fingerprint density at radius 2 is 2.00 bits per heavy atom. The molecule has 0 radical (unpaired) electrons. The van der Waals surface area contributed by atoms with Crippen molar-refractivity contribution in [1.82, 2.24) is 9.80 Å². The predicted molar refractivity (Wildman–Crippen MR) is 142 cm³/mol. The van der Waals surface area contributed by atoms with Crippen LogP contribution in [0.1, 0.15) is 39.7 Å². The number of ether oxygens (including phenoxy) is 3. The lowest BCUT2D eigenvalue weighted by atomic mass is 10.00. The van der Waals surface area contributed by atoms with Crippen LogP contribution in [-0.4, -0.2) is 67.7 Å². The average molecular weight is 539 g/mol. The molecule has 0 spiro atoms. The second-order valence-corrected chi connectivity index (χ2v) is 10.5. The summed E-state index contributed by atoms with van der Waals surface area (Å²) in [5, 5.41) is 2.04. The number of carbonyl (C=O) groups excluding carboxylic acids is 2. The number of nitrogens with zero attached hydrogens (tertiary/aromatic N) is 2. The summed E-state index contributed by atoms with van der Waals surface area (Å²) in [6, 6.07) is 14.7. The van der Waals surface area contributed by atoms with Gasteiger partial charge in [-0.25, -0.2) is 4.39 Å². The fourth-order valence-corrected chi connectivity index (χ4v) is 5.98. The number of hydrogen-bond acceptors (Lipinski definition) is 6. The molecule has 1 fully saturated rings. The number of amides is 2. The third kappa shape index (κ3) is 6.00. The number of thiophene rings is 1. The highest BCUT2D eigenvalue weighted by Crippen LogP contribution is 2.34. The van der Waals surface area contributed by atoms with Crippen molar-refractivity contribution in [3.05, 3.63) is 81.8 Å². The molecule has 2 aliphatic rings. The van der Waals surface area contributed by atoms with Crippen LogP contribution in [0.4, 0.5) is 4.39 Å². The molecule has 2 unspecified atom stereocenters. The molecule has 2 aliphatic heterocycles. The molecule has 9 heteroatoms. The van der Waals surface area contributed by atoms with Crippen molar-refractivity contribution >= 4 is 23.2 Å². The number of benzene rings is 2. The van der Waals surface area contributed by atoms with Crippen LogP contribution in [0.25, 0.3) is 0 Å². The van der Waals surface area contributed by atoms with Crippen molar-refractivity contribution in [2.24, 2.45) is 0 Å². The van der Waals surface area contributed by atoms with Gasteiger partial charge < -0.3 is 24.0 Å². The van der Waals surface area contributed by atoms with E-state index in [1.807, 2.05) is 35.7 Å². The average Bonchev–Trinajstić information content (AvgIpc) is 3.63. The molecule has 200 valence electrons. The Morgan fingerprint density at radius 3 is 2.79 bits per heavy atom. The zero-order chi connectivity index (χ0) is 26.5. The monoisotopic (exact) mass is 538 g/mol. The number of methoxy groups -OCH3 is 1. The van der Waals surface area contributed by atoms with E-state index in [9.17, 15) is 14.0 Å². The maximum Gasteiger partial charge on any atom is 0.254 e. The summed E-state index contributed by atoms with van der Waals surface area (Å²) >= 11 is 1.68.